The van der Waals surface area contributed by atoms with Crippen LogP contribution >= 0.6 is 11.3 Å². The number of benzene rings is 9. The molecule has 2 aliphatic carbocycles. The summed E-state index contributed by atoms with van der Waals surface area (Å²) < 4.78 is 2.52. The highest BCUT2D eigenvalue weighted by Crippen LogP contribution is 2.64. The molecule has 2 heterocycles. The molecule has 0 atom stereocenters. The second-order valence-electron chi connectivity index (χ2n) is 16.2. The van der Waals surface area contributed by atoms with Crippen LogP contribution < -0.4 is 0 Å². The lowest BCUT2D eigenvalue weighted by Gasteiger charge is -2.30. The summed E-state index contributed by atoms with van der Waals surface area (Å²) in [7, 11) is 0. The van der Waals surface area contributed by atoms with Crippen molar-refractivity contribution in [3.05, 3.63) is 235 Å². The van der Waals surface area contributed by atoms with E-state index in [1.54, 1.807) is 0 Å². The molecule has 11 aromatic rings. The minimum Gasteiger partial charge on any atom is -0.208 e. The molecule has 0 bridgehead atoms. The maximum atomic E-state index is 5.23. The van der Waals surface area contributed by atoms with Gasteiger partial charge in [-0.1, -0.05) is 188 Å². The van der Waals surface area contributed by atoms with Crippen LogP contribution in [0.1, 0.15) is 22.3 Å². The maximum Gasteiger partial charge on any atom is 0.164 e. The number of fused-ring (bicyclic) bond motifs is 13. The zero-order valence-electron chi connectivity index (χ0n) is 33.5. The summed E-state index contributed by atoms with van der Waals surface area (Å²) in [5.41, 5.74) is 17.7. The number of rotatable bonds is 5. The van der Waals surface area contributed by atoms with Crippen LogP contribution in [0.3, 0.4) is 0 Å². The van der Waals surface area contributed by atoms with E-state index in [-0.39, 0.29) is 5.41 Å². The Bertz CT molecular complexity index is 3540. The summed E-state index contributed by atoms with van der Waals surface area (Å²) in [6, 6.07) is 76.8. The monoisotopic (exact) mass is 805 g/mol. The van der Waals surface area contributed by atoms with E-state index >= 15 is 0 Å². The van der Waals surface area contributed by atoms with E-state index in [0.29, 0.717) is 17.5 Å². The maximum absolute atomic E-state index is 5.23. The van der Waals surface area contributed by atoms with E-state index < -0.39 is 0 Å². The van der Waals surface area contributed by atoms with Crippen LogP contribution in [0.2, 0.25) is 0 Å². The van der Waals surface area contributed by atoms with E-state index in [9.17, 15) is 0 Å². The van der Waals surface area contributed by atoms with Gasteiger partial charge in [-0.05, 0) is 91.0 Å². The molecule has 2 aromatic heterocycles. The summed E-state index contributed by atoms with van der Waals surface area (Å²) in [4.78, 5) is 15.5. The quantitative estimate of drug-likeness (QED) is 0.174. The van der Waals surface area contributed by atoms with Crippen LogP contribution in [0.15, 0.2) is 212 Å². The normalized spacial score (nSPS) is 13.0. The standard InChI is InChI=1S/C58H35N3S/c1-2-15-38(16-3-1)55-59-56(39-33-34-53-47(35-39)44-20-9-13-28-52(44)62-53)61-57(60-55)45-21-5-4-17-40(45)36-29-31-37(32-30-36)41-23-14-27-51-54(41)46-22-8-12-26-50(46)58(51)48-24-10-6-18-42(48)43-19-7-11-25-49(43)58/h1-35H. The van der Waals surface area contributed by atoms with Gasteiger partial charge in [-0.25, -0.2) is 15.0 Å². The van der Waals surface area contributed by atoms with Gasteiger partial charge in [0.15, 0.2) is 17.5 Å². The second kappa shape index (κ2) is 13.6. The van der Waals surface area contributed by atoms with Gasteiger partial charge in [0, 0.05) is 36.9 Å². The smallest absolute Gasteiger partial charge is 0.164 e. The Morgan fingerprint density at radius 2 is 0.774 bits per heavy atom. The Labute approximate surface area is 363 Å². The molecule has 0 N–H and O–H groups in total. The SMILES string of the molecule is c1ccc(-c2nc(-c3ccc4sc5ccccc5c4c3)nc(-c3ccccc3-c3ccc(-c4cccc5c4-c4ccccc4C54c5ccccc5-c5ccccc54)cc3)n2)cc1. The van der Waals surface area contributed by atoms with Crippen molar-refractivity contribution in [3.8, 4) is 78.7 Å². The van der Waals surface area contributed by atoms with Gasteiger partial charge in [0.25, 0.3) is 0 Å². The average molecular weight is 806 g/mol. The summed E-state index contributed by atoms with van der Waals surface area (Å²) in [5.74, 6) is 1.94. The number of aromatic nitrogens is 3. The molecule has 62 heavy (non-hydrogen) atoms. The number of hydrogen-bond acceptors (Lipinski definition) is 4. The van der Waals surface area contributed by atoms with Crippen LogP contribution in [0.4, 0.5) is 0 Å². The molecule has 13 rings (SSSR count). The molecule has 0 radical (unpaired) electrons. The lowest BCUT2D eigenvalue weighted by atomic mass is 9.70. The van der Waals surface area contributed by atoms with Gasteiger partial charge in [-0.3, -0.25) is 0 Å². The van der Waals surface area contributed by atoms with Crippen LogP contribution in [-0.4, -0.2) is 15.0 Å². The molecule has 3 nitrogen and oxygen atoms in total. The Morgan fingerprint density at radius 1 is 0.290 bits per heavy atom. The third-order valence-corrected chi connectivity index (χ3v) is 14.2. The molecule has 0 saturated carbocycles. The summed E-state index contributed by atoms with van der Waals surface area (Å²) >= 11 is 1.81. The predicted octanol–water partition coefficient (Wildman–Crippen LogP) is 14.9. The van der Waals surface area contributed by atoms with Crippen molar-refractivity contribution in [2.45, 2.75) is 5.41 Å². The van der Waals surface area contributed by atoms with Crippen molar-refractivity contribution in [3.63, 3.8) is 0 Å². The Balaban J connectivity index is 0.937. The molecule has 288 valence electrons. The van der Waals surface area contributed by atoms with Crippen LogP contribution in [-0.2, 0) is 5.41 Å². The Morgan fingerprint density at radius 3 is 1.50 bits per heavy atom. The highest BCUT2D eigenvalue weighted by Gasteiger charge is 2.51. The van der Waals surface area contributed by atoms with Gasteiger partial charge in [0.05, 0.1) is 5.41 Å². The van der Waals surface area contributed by atoms with E-state index in [4.69, 9.17) is 15.0 Å². The minimum atomic E-state index is -0.376. The lowest BCUT2D eigenvalue weighted by Crippen LogP contribution is -2.25. The first-order chi connectivity index (χ1) is 30.7. The molecular weight excluding hydrogens is 771 g/mol. The van der Waals surface area contributed by atoms with Crippen molar-refractivity contribution >= 4 is 31.5 Å². The average Bonchev–Trinajstić information content (AvgIpc) is 3.98. The van der Waals surface area contributed by atoms with Crippen molar-refractivity contribution in [2.75, 3.05) is 0 Å². The van der Waals surface area contributed by atoms with Crippen molar-refractivity contribution in [1.29, 1.82) is 0 Å². The first-order valence-electron chi connectivity index (χ1n) is 21.1. The topological polar surface area (TPSA) is 38.7 Å². The predicted molar refractivity (Wildman–Crippen MR) is 256 cm³/mol. The van der Waals surface area contributed by atoms with E-state index in [1.807, 2.05) is 29.5 Å². The first kappa shape index (κ1) is 35.0. The highest BCUT2D eigenvalue weighted by atomic mass is 32.1. The van der Waals surface area contributed by atoms with Crippen LogP contribution in [0.5, 0.6) is 0 Å². The van der Waals surface area contributed by atoms with E-state index in [2.05, 4.69) is 194 Å². The molecule has 0 fully saturated rings. The van der Waals surface area contributed by atoms with Gasteiger partial charge in [0.2, 0.25) is 0 Å². The first-order valence-corrected chi connectivity index (χ1v) is 21.9. The molecule has 0 unspecified atom stereocenters. The van der Waals surface area contributed by atoms with Crippen LogP contribution in [0, 0.1) is 0 Å². The highest BCUT2D eigenvalue weighted by molar-refractivity contribution is 7.25. The van der Waals surface area contributed by atoms with E-state index in [0.717, 1.165) is 27.8 Å². The summed E-state index contributed by atoms with van der Waals surface area (Å²) in [5, 5.41) is 2.46. The molecule has 0 aliphatic heterocycles. The molecule has 0 saturated heterocycles. The summed E-state index contributed by atoms with van der Waals surface area (Å²) in [6.45, 7) is 0. The van der Waals surface area contributed by atoms with E-state index in [1.165, 1.54) is 75.8 Å². The zero-order chi connectivity index (χ0) is 40.8. The number of thiophene rings is 1. The molecule has 1 spiro atoms. The zero-order valence-corrected chi connectivity index (χ0v) is 34.3. The molecule has 9 aromatic carbocycles. The number of nitrogens with zero attached hydrogens (tertiary/aromatic N) is 3. The molecule has 0 amide bonds. The third kappa shape index (κ3) is 5.08. The van der Waals surface area contributed by atoms with Gasteiger partial charge in [-0.2, -0.15) is 0 Å². The van der Waals surface area contributed by atoms with Crippen molar-refractivity contribution in [1.82, 2.24) is 15.0 Å². The third-order valence-electron chi connectivity index (χ3n) is 13.0. The molecule has 4 heteroatoms. The largest absolute Gasteiger partial charge is 0.208 e. The second-order valence-corrected chi connectivity index (χ2v) is 17.3. The molecular formula is C58H35N3S. The van der Waals surface area contributed by atoms with Gasteiger partial charge < -0.3 is 0 Å². The lowest BCUT2D eigenvalue weighted by molar-refractivity contribution is 0.794. The summed E-state index contributed by atoms with van der Waals surface area (Å²) in [6.07, 6.45) is 0. The van der Waals surface area contributed by atoms with Crippen LogP contribution in [0.25, 0.3) is 98.8 Å². The van der Waals surface area contributed by atoms with Gasteiger partial charge >= 0.3 is 0 Å². The fourth-order valence-corrected chi connectivity index (χ4v) is 11.4. The Kier molecular flexibility index (Phi) is 7.69. The van der Waals surface area contributed by atoms with Gasteiger partial charge in [-0.15, -0.1) is 11.3 Å². The number of hydrogen-bond donors (Lipinski definition) is 0. The van der Waals surface area contributed by atoms with Gasteiger partial charge in [0.1, 0.15) is 0 Å². The van der Waals surface area contributed by atoms with Crippen molar-refractivity contribution in [2.24, 2.45) is 0 Å². The fraction of sp³-hybridized carbons (Fsp3) is 0.0172. The van der Waals surface area contributed by atoms with Crippen molar-refractivity contribution < 1.29 is 0 Å². The fourth-order valence-electron chi connectivity index (χ4n) is 10.4. The minimum absolute atomic E-state index is 0.376. The Hall–Kier alpha value is -7.79. The molecule has 2 aliphatic rings.